The van der Waals surface area contributed by atoms with E-state index in [1.54, 1.807) is 26.2 Å². The summed E-state index contributed by atoms with van der Waals surface area (Å²) in [5, 5.41) is 2.75. The number of hydrogen-bond acceptors (Lipinski definition) is 6. The Morgan fingerprint density at radius 2 is 1.59 bits per heavy atom. The fraction of sp³-hybridized carbons (Fsp3) is 0.208. The molecule has 0 aliphatic rings. The summed E-state index contributed by atoms with van der Waals surface area (Å²) < 4.78 is 56.6. The second kappa shape index (κ2) is 10.9. The number of methoxy groups -OCH3 is 2. The first-order valence-electron chi connectivity index (χ1n) is 10.2. The van der Waals surface area contributed by atoms with Crippen molar-refractivity contribution in [3.05, 3.63) is 77.6 Å². The Morgan fingerprint density at radius 1 is 0.912 bits per heavy atom. The molecule has 8 nitrogen and oxygen atoms in total. The van der Waals surface area contributed by atoms with Crippen LogP contribution in [0.4, 0.5) is 10.1 Å². The van der Waals surface area contributed by atoms with Crippen LogP contribution in [0.2, 0.25) is 0 Å². The van der Waals surface area contributed by atoms with Crippen LogP contribution in [0.1, 0.15) is 11.1 Å². The van der Waals surface area contributed by atoms with Gasteiger partial charge >= 0.3 is 0 Å². The molecule has 180 valence electrons. The Morgan fingerprint density at radius 3 is 2.24 bits per heavy atom. The second-order valence-corrected chi connectivity index (χ2v) is 8.98. The first-order chi connectivity index (χ1) is 16.2. The van der Waals surface area contributed by atoms with E-state index < -0.39 is 15.8 Å². The maximum Gasteiger partial charge on any atom is 0.261 e. The lowest BCUT2D eigenvalue weighted by molar-refractivity contribution is -0.123. The molecule has 3 aromatic rings. The van der Waals surface area contributed by atoms with E-state index in [0.29, 0.717) is 22.8 Å². The molecule has 0 unspecified atom stereocenters. The van der Waals surface area contributed by atoms with E-state index in [1.165, 1.54) is 37.4 Å². The van der Waals surface area contributed by atoms with Gasteiger partial charge in [-0.15, -0.1) is 0 Å². The van der Waals surface area contributed by atoms with Gasteiger partial charge in [0.25, 0.3) is 15.9 Å². The summed E-state index contributed by atoms with van der Waals surface area (Å²) in [6.45, 7) is 1.70. The van der Waals surface area contributed by atoms with Crippen molar-refractivity contribution in [1.82, 2.24) is 5.32 Å². The minimum Gasteiger partial charge on any atom is -0.493 e. The number of halogens is 1. The van der Waals surface area contributed by atoms with Crippen LogP contribution in [0.25, 0.3) is 0 Å². The number of anilines is 1. The summed E-state index contributed by atoms with van der Waals surface area (Å²) in [6, 6.07) is 14.6. The third kappa shape index (κ3) is 6.38. The van der Waals surface area contributed by atoms with Crippen molar-refractivity contribution in [2.24, 2.45) is 0 Å². The van der Waals surface area contributed by atoms with Gasteiger partial charge in [0.2, 0.25) is 0 Å². The molecular weight excluding hydrogens is 463 g/mol. The van der Waals surface area contributed by atoms with Crippen LogP contribution in [0.3, 0.4) is 0 Å². The number of ether oxygens (including phenoxy) is 3. The molecule has 0 radical (unpaired) electrons. The van der Waals surface area contributed by atoms with E-state index in [2.05, 4.69) is 10.0 Å². The highest BCUT2D eigenvalue weighted by Gasteiger charge is 2.16. The zero-order chi connectivity index (χ0) is 24.7. The van der Waals surface area contributed by atoms with Gasteiger partial charge in [0.05, 0.1) is 19.1 Å². The van der Waals surface area contributed by atoms with Crippen molar-refractivity contribution in [3.63, 3.8) is 0 Å². The molecule has 0 heterocycles. The Bertz CT molecular complexity index is 1260. The quantitative estimate of drug-likeness (QED) is 0.452. The number of rotatable bonds is 10. The van der Waals surface area contributed by atoms with Crippen molar-refractivity contribution in [2.75, 3.05) is 25.5 Å². The van der Waals surface area contributed by atoms with Crippen molar-refractivity contribution < 1.29 is 31.8 Å². The molecule has 0 saturated carbocycles. The molecule has 0 aliphatic heterocycles. The van der Waals surface area contributed by atoms with Crippen molar-refractivity contribution in [3.8, 4) is 17.2 Å². The molecule has 0 spiro atoms. The van der Waals surface area contributed by atoms with Crippen LogP contribution in [-0.4, -0.2) is 35.2 Å². The minimum absolute atomic E-state index is 0.0135. The summed E-state index contributed by atoms with van der Waals surface area (Å²) in [5.74, 6) is 0.721. The van der Waals surface area contributed by atoms with Gasteiger partial charge in [-0.1, -0.05) is 6.07 Å². The number of hydrogen-bond donors (Lipinski definition) is 2. The molecule has 3 aromatic carbocycles. The summed E-state index contributed by atoms with van der Waals surface area (Å²) in [4.78, 5) is 12.2. The minimum atomic E-state index is -3.87. The molecule has 0 saturated heterocycles. The van der Waals surface area contributed by atoms with Crippen LogP contribution >= 0.6 is 0 Å². The largest absolute Gasteiger partial charge is 0.493 e. The molecule has 0 bridgehead atoms. The van der Waals surface area contributed by atoms with E-state index >= 15 is 0 Å². The molecule has 10 heteroatoms. The first kappa shape index (κ1) is 24.8. The van der Waals surface area contributed by atoms with Gasteiger partial charge in [-0.2, -0.15) is 0 Å². The number of carbonyl (C=O) groups excluding carboxylic acids is 1. The van der Waals surface area contributed by atoms with Crippen LogP contribution in [0, 0.1) is 12.7 Å². The van der Waals surface area contributed by atoms with Gasteiger partial charge in [-0.25, -0.2) is 12.8 Å². The first-order valence-corrected chi connectivity index (χ1v) is 11.7. The number of amides is 1. The maximum absolute atomic E-state index is 13.0. The number of sulfonamides is 1. The zero-order valence-corrected chi connectivity index (χ0v) is 19.7. The topological polar surface area (TPSA) is 103 Å². The summed E-state index contributed by atoms with van der Waals surface area (Å²) >= 11 is 0. The molecule has 0 aliphatic carbocycles. The lowest BCUT2D eigenvalue weighted by Gasteiger charge is -2.13. The number of carbonyl (C=O) groups is 1. The number of nitrogens with one attached hydrogen (secondary N) is 2. The van der Waals surface area contributed by atoms with Crippen LogP contribution in [0.15, 0.2) is 65.6 Å². The molecule has 0 fully saturated rings. The van der Waals surface area contributed by atoms with E-state index in [0.717, 1.165) is 17.7 Å². The van der Waals surface area contributed by atoms with Gasteiger partial charge in [0.15, 0.2) is 18.1 Å². The van der Waals surface area contributed by atoms with Crippen LogP contribution in [-0.2, 0) is 21.4 Å². The average Bonchev–Trinajstić information content (AvgIpc) is 2.83. The third-order valence-corrected chi connectivity index (χ3v) is 6.23. The predicted octanol–water partition coefficient (Wildman–Crippen LogP) is 3.65. The third-order valence-electron chi connectivity index (χ3n) is 4.85. The number of aryl methyl sites for hydroxylation is 1. The summed E-state index contributed by atoms with van der Waals surface area (Å²) in [6.07, 6.45) is 0. The Balaban J connectivity index is 1.57. The smallest absolute Gasteiger partial charge is 0.261 e. The molecule has 1 amide bonds. The fourth-order valence-electron chi connectivity index (χ4n) is 3.07. The summed E-state index contributed by atoms with van der Waals surface area (Å²) in [5.41, 5.74) is 1.60. The Hall–Kier alpha value is -3.79. The molecule has 2 N–H and O–H groups in total. The van der Waals surface area contributed by atoms with Gasteiger partial charge < -0.3 is 19.5 Å². The van der Waals surface area contributed by atoms with Crippen molar-refractivity contribution >= 4 is 21.6 Å². The van der Waals surface area contributed by atoms with Gasteiger partial charge in [0.1, 0.15) is 11.6 Å². The maximum atomic E-state index is 13.0. The van der Waals surface area contributed by atoms with E-state index in [4.69, 9.17) is 14.2 Å². The highest BCUT2D eigenvalue weighted by atomic mass is 32.2. The highest BCUT2D eigenvalue weighted by molar-refractivity contribution is 7.92. The predicted molar refractivity (Wildman–Crippen MR) is 125 cm³/mol. The van der Waals surface area contributed by atoms with Crippen LogP contribution < -0.4 is 24.2 Å². The fourth-order valence-corrected chi connectivity index (χ4v) is 4.21. The molecule has 0 aromatic heterocycles. The lowest BCUT2D eigenvalue weighted by Crippen LogP contribution is -2.28. The molecule has 0 atom stereocenters. The lowest BCUT2D eigenvalue weighted by atomic mass is 10.2. The van der Waals surface area contributed by atoms with Gasteiger partial charge in [-0.3, -0.25) is 9.52 Å². The van der Waals surface area contributed by atoms with Crippen molar-refractivity contribution in [1.29, 1.82) is 0 Å². The van der Waals surface area contributed by atoms with Crippen molar-refractivity contribution in [2.45, 2.75) is 18.4 Å². The van der Waals surface area contributed by atoms with E-state index in [9.17, 15) is 17.6 Å². The van der Waals surface area contributed by atoms with Gasteiger partial charge in [-0.05, 0) is 72.6 Å². The Labute approximate surface area is 197 Å². The SMILES string of the molecule is COc1ccc(CNC(=O)COc2ccc(S(=O)(=O)Nc3ccc(F)cc3)cc2C)cc1OC. The molecule has 34 heavy (non-hydrogen) atoms. The van der Waals surface area contributed by atoms with Crippen LogP contribution in [0.5, 0.6) is 17.2 Å². The van der Waals surface area contributed by atoms with E-state index in [-0.39, 0.29) is 29.6 Å². The monoisotopic (exact) mass is 488 g/mol. The second-order valence-electron chi connectivity index (χ2n) is 7.29. The number of benzene rings is 3. The average molecular weight is 489 g/mol. The standard InChI is InChI=1S/C24H25FN2O6S/c1-16-12-20(34(29,30)27-19-7-5-18(25)6-8-19)9-11-21(16)33-15-24(28)26-14-17-4-10-22(31-2)23(13-17)32-3/h4-13,27H,14-15H2,1-3H3,(H,26,28). The van der Waals surface area contributed by atoms with Gasteiger partial charge in [0, 0.05) is 12.2 Å². The summed E-state index contributed by atoms with van der Waals surface area (Å²) in [7, 11) is -0.796. The van der Waals surface area contributed by atoms with E-state index in [1.807, 2.05) is 6.07 Å². The molecular formula is C24H25FN2O6S. The Kier molecular flexibility index (Phi) is 7.95. The highest BCUT2D eigenvalue weighted by Crippen LogP contribution is 2.27. The zero-order valence-electron chi connectivity index (χ0n) is 18.9. The normalized spacial score (nSPS) is 10.9. The molecule has 3 rings (SSSR count).